The Morgan fingerprint density at radius 3 is 2.43 bits per heavy atom. The Morgan fingerprint density at radius 1 is 1.29 bits per heavy atom. The van der Waals surface area contributed by atoms with Gasteiger partial charge in [0, 0.05) is 19.2 Å². The van der Waals surface area contributed by atoms with E-state index in [1.807, 2.05) is 0 Å². The van der Waals surface area contributed by atoms with E-state index in [9.17, 15) is 0 Å². The van der Waals surface area contributed by atoms with E-state index < -0.39 is 0 Å². The van der Waals surface area contributed by atoms with Crippen LogP contribution in [0.1, 0.15) is 39.5 Å². The van der Waals surface area contributed by atoms with Gasteiger partial charge in [0.15, 0.2) is 0 Å². The molecule has 0 aromatic heterocycles. The van der Waals surface area contributed by atoms with E-state index >= 15 is 0 Å². The van der Waals surface area contributed by atoms with Gasteiger partial charge in [0.2, 0.25) is 0 Å². The summed E-state index contributed by atoms with van der Waals surface area (Å²) in [6.07, 6.45) is 4.50. The summed E-state index contributed by atoms with van der Waals surface area (Å²) in [5.74, 6) is 0. The third kappa shape index (κ3) is 6.35. The number of aliphatic hydroxyl groups is 1. The Bertz CT molecular complexity index is 116. The summed E-state index contributed by atoms with van der Waals surface area (Å²) in [4.78, 5) is 0. The van der Waals surface area contributed by atoms with Crippen LogP contribution < -0.4 is 5.32 Å². The van der Waals surface area contributed by atoms with Crippen molar-refractivity contribution in [3.8, 4) is 0 Å². The quantitative estimate of drug-likeness (QED) is 0.597. The molecule has 14 heavy (non-hydrogen) atoms. The Labute approximate surface area is 87.8 Å². The first-order chi connectivity index (χ1) is 6.78. The standard InChI is InChI=1S/C11H25NO2/c1-4-6-7-11(9-14-3)12-10(5-2)8-13/h10-13H,4-9H2,1-3H3. The van der Waals surface area contributed by atoms with Gasteiger partial charge in [-0.15, -0.1) is 0 Å². The highest BCUT2D eigenvalue weighted by Crippen LogP contribution is 2.03. The number of hydrogen-bond donors (Lipinski definition) is 2. The molecule has 2 atom stereocenters. The number of nitrogens with one attached hydrogen (secondary N) is 1. The van der Waals surface area contributed by atoms with Gasteiger partial charge in [-0.2, -0.15) is 0 Å². The molecule has 3 nitrogen and oxygen atoms in total. The lowest BCUT2D eigenvalue weighted by Crippen LogP contribution is -2.42. The molecule has 0 bridgehead atoms. The molecule has 0 fully saturated rings. The van der Waals surface area contributed by atoms with Crippen molar-refractivity contribution < 1.29 is 9.84 Å². The summed E-state index contributed by atoms with van der Waals surface area (Å²) in [6.45, 7) is 5.21. The molecule has 2 unspecified atom stereocenters. The van der Waals surface area contributed by atoms with E-state index in [2.05, 4.69) is 19.2 Å². The van der Waals surface area contributed by atoms with Gasteiger partial charge in [-0.05, 0) is 12.8 Å². The van der Waals surface area contributed by atoms with Gasteiger partial charge < -0.3 is 15.2 Å². The summed E-state index contributed by atoms with van der Waals surface area (Å²) in [5.41, 5.74) is 0. The second-order valence-electron chi connectivity index (χ2n) is 3.75. The van der Waals surface area contributed by atoms with Crippen molar-refractivity contribution >= 4 is 0 Å². The molecule has 86 valence electrons. The van der Waals surface area contributed by atoms with Crippen molar-refractivity contribution in [3.05, 3.63) is 0 Å². The number of rotatable bonds is 9. The molecule has 0 saturated carbocycles. The first kappa shape index (κ1) is 13.9. The fraction of sp³-hybridized carbons (Fsp3) is 1.00. The molecule has 0 aliphatic rings. The van der Waals surface area contributed by atoms with E-state index in [1.54, 1.807) is 7.11 Å². The summed E-state index contributed by atoms with van der Waals surface area (Å²) in [6, 6.07) is 0.601. The van der Waals surface area contributed by atoms with Gasteiger partial charge in [-0.3, -0.25) is 0 Å². The van der Waals surface area contributed by atoms with Crippen LogP contribution in [0, 0.1) is 0 Å². The molecular weight excluding hydrogens is 178 g/mol. The summed E-state index contributed by atoms with van der Waals surface area (Å²) < 4.78 is 5.15. The number of methoxy groups -OCH3 is 1. The molecule has 0 spiro atoms. The van der Waals surface area contributed by atoms with Crippen LogP contribution >= 0.6 is 0 Å². The third-order valence-electron chi connectivity index (χ3n) is 2.46. The molecule has 0 aliphatic carbocycles. The van der Waals surface area contributed by atoms with Gasteiger partial charge in [0.05, 0.1) is 13.2 Å². The molecule has 3 heteroatoms. The smallest absolute Gasteiger partial charge is 0.0615 e. The molecule has 0 aromatic carbocycles. The van der Waals surface area contributed by atoms with Crippen LogP contribution in [-0.4, -0.2) is 37.5 Å². The molecule has 0 saturated heterocycles. The first-order valence-electron chi connectivity index (χ1n) is 5.64. The lowest BCUT2D eigenvalue weighted by molar-refractivity contribution is 0.142. The van der Waals surface area contributed by atoms with Crippen molar-refractivity contribution in [2.75, 3.05) is 20.3 Å². The van der Waals surface area contributed by atoms with Gasteiger partial charge in [0.25, 0.3) is 0 Å². The molecular formula is C11H25NO2. The Morgan fingerprint density at radius 2 is 2.00 bits per heavy atom. The highest BCUT2D eigenvalue weighted by Gasteiger charge is 2.12. The van der Waals surface area contributed by atoms with Crippen molar-refractivity contribution in [3.63, 3.8) is 0 Å². The van der Waals surface area contributed by atoms with E-state index in [1.165, 1.54) is 12.8 Å². The van der Waals surface area contributed by atoms with Crippen molar-refractivity contribution in [2.24, 2.45) is 0 Å². The maximum Gasteiger partial charge on any atom is 0.0615 e. The summed E-state index contributed by atoms with van der Waals surface area (Å²) in [7, 11) is 1.72. The molecule has 0 rings (SSSR count). The summed E-state index contributed by atoms with van der Waals surface area (Å²) >= 11 is 0. The predicted octanol–water partition coefficient (Wildman–Crippen LogP) is 1.55. The molecule has 0 radical (unpaired) electrons. The Hall–Kier alpha value is -0.120. The molecule has 0 aromatic rings. The maximum atomic E-state index is 9.07. The Kier molecular flexibility index (Phi) is 9.35. The van der Waals surface area contributed by atoms with Gasteiger partial charge in [0.1, 0.15) is 0 Å². The zero-order valence-corrected chi connectivity index (χ0v) is 9.75. The van der Waals surface area contributed by atoms with Gasteiger partial charge in [-0.25, -0.2) is 0 Å². The number of aliphatic hydroxyl groups excluding tert-OH is 1. The third-order valence-corrected chi connectivity index (χ3v) is 2.46. The van der Waals surface area contributed by atoms with Crippen molar-refractivity contribution in [1.29, 1.82) is 0 Å². The normalized spacial score (nSPS) is 15.4. The Balaban J connectivity index is 3.80. The number of ether oxygens (including phenoxy) is 1. The maximum absolute atomic E-state index is 9.07. The van der Waals surface area contributed by atoms with Gasteiger partial charge in [-0.1, -0.05) is 26.7 Å². The predicted molar refractivity (Wildman–Crippen MR) is 59.5 cm³/mol. The lowest BCUT2D eigenvalue weighted by Gasteiger charge is -2.23. The minimum atomic E-state index is 0.211. The topological polar surface area (TPSA) is 41.5 Å². The minimum Gasteiger partial charge on any atom is -0.395 e. The minimum absolute atomic E-state index is 0.211. The first-order valence-corrected chi connectivity index (χ1v) is 5.64. The highest BCUT2D eigenvalue weighted by atomic mass is 16.5. The second-order valence-corrected chi connectivity index (χ2v) is 3.75. The van der Waals surface area contributed by atoms with Crippen LogP contribution in [0.5, 0.6) is 0 Å². The van der Waals surface area contributed by atoms with E-state index in [0.29, 0.717) is 6.04 Å². The largest absolute Gasteiger partial charge is 0.395 e. The number of hydrogen-bond acceptors (Lipinski definition) is 3. The SMILES string of the molecule is CCCCC(COC)NC(CC)CO. The highest BCUT2D eigenvalue weighted by molar-refractivity contribution is 4.72. The summed E-state index contributed by atoms with van der Waals surface area (Å²) in [5, 5.41) is 12.5. The fourth-order valence-electron chi connectivity index (χ4n) is 1.50. The van der Waals surface area contributed by atoms with Crippen LogP contribution in [0.25, 0.3) is 0 Å². The van der Waals surface area contributed by atoms with Crippen LogP contribution in [-0.2, 0) is 4.74 Å². The van der Waals surface area contributed by atoms with E-state index in [4.69, 9.17) is 9.84 Å². The van der Waals surface area contributed by atoms with Crippen molar-refractivity contribution in [2.45, 2.75) is 51.6 Å². The molecule has 0 amide bonds. The van der Waals surface area contributed by atoms with Crippen LogP contribution in [0.4, 0.5) is 0 Å². The second kappa shape index (κ2) is 9.44. The lowest BCUT2D eigenvalue weighted by atomic mass is 10.1. The zero-order valence-electron chi connectivity index (χ0n) is 9.75. The van der Waals surface area contributed by atoms with Crippen LogP contribution in [0.15, 0.2) is 0 Å². The average molecular weight is 203 g/mol. The van der Waals surface area contributed by atoms with Crippen LogP contribution in [0.2, 0.25) is 0 Å². The zero-order chi connectivity index (χ0) is 10.8. The number of unbranched alkanes of at least 4 members (excludes halogenated alkanes) is 1. The monoisotopic (exact) mass is 203 g/mol. The van der Waals surface area contributed by atoms with E-state index in [0.717, 1.165) is 19.4 Å². The average Bonchev–Trinajstić information content (AvgIpc) is 2.22. The van der Waals surface area contributed by atoms with Crippen LogP contribution in [0.3, 0.4) is 0 Å². The molecule has 0 heterocycles. The molecule has 2 N–H and O–H groups in total. The van der Waals surface area contributed by atoms with Gasteiger partial charge >= 0.3 is 0 Å². The fourth-order valence-corrected chi connectivity index (χ4v) is 1.50. The van der Waals surface area contributed by atoms with E-state index in [-0.39, 0.29) is 12.6 Å². The van der Waals surface area contributed by atoms with Crippen molar-refractivity contribution in [1.82, 2.24) is 5.32 Å². The molecule has 0 aliphatic heterocycles.